The van der Waals surface area contributed by atoms with Crippen LogP contribution in [0.2, 0.25) is 5.02 Å². The van der Waals surface area contributed by atoms with Gasteiger partial charge in [-0.25, -0.2) is 14.4 Å². The largest absolute Gasteiger partial charge is 0.366 e. The van der Waals surface area contributed by atoms with E-state index in [9.17, 15) is 9.18 Å². The van der Waals surface area contributed by atoms with Crippen molar-refractivity contribution in [3.05, 3.63) is 88.1 Å². The van der Waals surface area contributed by atoms with Crippen LogP contribution in [0.15, 0.2) is 54.6 Å². The first-order valence-electron chi connectivity index (χ1n) is 8.37. The molecule has 7 heteroatoms. The third-order valence-electron chi connectivity index (χ3n) is 3.89. The lowest BCUT2D eigenvalue weighted by Crippen LogP contribution is -2.24. The summed E-state index contributed by atoms with van der Waals surface area (Å²) in [5.74, 6) is 0.257. The van der Waals surface area contributed by atoms with Crippen molar-refractivity contribution in [1.29, 1.82) is 0 Å². The molecular formula is C20H18ClFN4O. The Bertz CT molecular complexity index is 964. The Morgan fingerprint density at radius 2 is 1.74 bits per heavy atom. The zero-order valence-corrected chi connectivity index (χ0v) is 15.4. The topological polar surface area (TPSA) is 66.9 Å². The van der Waals surface area contributed by atoms with E-state index in [-0.39, 0.29) is 24.0 Å². The van der Waals surface area contributed by atoms with Crippen LogP contribution in [0.3, 0.4) is 0 Å². The number of hydrogen-bond acceptors (Lipinski definition) is 4. The second kappa shape index (κ2) is 8.60. The van der Waals surface area contributed by atoms with E-state index in [1.54, 1.807) is 31.2 Å². The van der Waals surface area contributed by atoms with Gasteiger partial charge in [-0.05, 0) is 24.6 Å². The normalized spacial score (nSPS) is 10.5. The van der Waals surface area contributed by atoms with E-state index in [0.29, 0.717) is 28.8 Å². The summed E-state index contributed by atoms with van der Waals surface area (Å²) in [6.45, 7) is 2.24. The maximum atomic E-state index is 13.7. The van der Waals surface area contributed by atoms with Gasteiger partial charge in [0.2, 0.25) is 0 Å². The molecule has 0 bridgehead atoms. The van der Waals surface area contributed by atoms with Crippen LogP contribution in [0, 0.1) is 12.7 Å². The lowest BCUT2D eigenvalue weighted by atomic mass is 10.2. The highest BCUT2D eigenvalue weighted by Crippen LogP contribution is 2.15. The zero-order valence-electron chi connectivity index (χ0n) is 14.7. The number of halogens is 2. The Labute approximate surface area is 161 Å². The Kier molecular flexibility index (Phi) is 5.98. The van der Waals surface area contributed by atoms with Crippen molar-refractivity contribution >= 4 is 23.3 Å². The van der Waals surface area contributed by atoms with Gasteiger partial charge in [0, 0.05) is 29.7 Å². The van der Waals surface area contributed by atoms with E-state index in [0.717, 1.165) is 5.56 Å². The SMILES string of the molecule is Cc1nc(NCc2ccccc2F)cc(C(=O)NCc2ccccc2Cl)n1. The van der Waals surface area contributed by atoms with Crippen molar-refractivity contribution in [2.75, 3.05) is 5.32 Å². The van der Waals surface area contributed by atoms with E-state index in [4.69, 9.17) is 11.6 Å². The van der Waals surface area contributed by atoms with E-state index < -0.39 is 0 Å². The van der Waals surface area contributed by atoms with Crippen molar-refractivity contribution < 1.29 is 9.18 Å². The summed E-state index contributed by atoms with van der Waals surface area (Å²) in [5.41, 5.74) is 1.56. The fourth-order valence-electron chi connectivity index (χ4n) is 2.51. The monoisotopic (exact) mass is 384 g/mol. The molecule has 0 radical (unpaired) electrons. The number of benzene rings is 2. The first-order chi connectivity index (χ1) is 13.0. The number of carbonyl (C=O) groups excluding carboxylic acids is 1. The van der Waals surface area contributed by atoms with Gasteiger partial charge in [0.25, 0.3) is 5.91 Å². The lowest BCUT2D eigenvalue weighted by Gasteiger charge is -2.10. The van der Waals surface area contributed by atoms with Crippen molar-refractivity contribution in [3.8, 4) is 0 Å². The summed E-state index contributed by atoms with van der Waals surface area (Å²) >= 11 is 6.10. The van der Waals surface area contributed by atoms with Crippen LogP contribution in [0.1, 0.15) is 27.4 Å². The van der Waals surface area contributed by atoms with Gasteiger partial charge in [-0.15, -0.1) is 0 Å². The predicted molar refractivity (Wildman–Crippen MR) is 103 cm³/mol. The molecule has 27 heavy (non-hydrogen) atoms. The third kappa shape index (κ3) is 5.01. The Hall–Kier alpha value is -2.99. The second-order valence-corrected chi connectivity index (χ2v) is 6.31. The highest BCUT2D eigenvalue weighted by Gasteiger charge is 2.11. The molecule has 3 aromatic rings. The van der Waals surface area contributed by atoms with E-state index in [1.807, 2.05) is 18.2 Å². The van der Waals surface area contributed by atoms with Gasteiger partial charge in [0.15, 0.2) is 0 Å². The van der Waals surface area contributed by atoms with Crippen LogP contribution in [-0.4, -0.2) is 15.9 Å². The van der Waals surface area contributed by atoms with E-state index in [1.165, 1.54) is 12.1 Å². The van der Waals surface area contributed by atoms with Crippen LogP contribution in [0.5, 0.6) is 0 Å². The fourth-order valence-corrected chi connectivity index (χ4v) is 2.71. The summed E-state index contributed by atoms with van der Waals surface area (Å²) in [5, 5.41) is 6.41. The first kappa shape index (κ1) is 18.8. The molecule has 0 unspecified atom stereocenters. The molecule has 2 N–H and O–H groups in total. The minimum absolute atomic E-state index is 0.227. The highest BCUT2D eigenvalue weighted by atomic mass is 35.5. The van der Waals surface area contributed by atoms with Gasteiger partial charge in [0.1, 0.15) is 23.2 Å². The van der Waals surface area contributed by atoms with Gasteiger partial charge in [-0.2, -0.15) is 0 Å². The molecule has 1 heterocycles. The van der Waals surface area contributed by atoms with E-state index >= 15 is 0 Å². The summed E-state index contributed by atoms with van der Waals surface area (Å²) in [4.78, 5) is 20.8. The summed E-state index contributed by atoms with van der Waals surface area (Å²) in [6.07, 6.45) is 0. The number of amides is 1. The number of aromatic nitrogens is 2. The number of anilines is 1. The minimum atomic E-state index is -0.339. The van der Waals surface area contributed by atoms with Gasteiger partial charge < -0.3 is 10.6 Å². The average molecular weight is 385 g/mol. The number of carbonyl (C=O) groups is 1. The molecule has 0 fully saturated rings. The van der Waals surface area contributed by atoms with Crippen molar-refractivity contribution in [3.63, 3.8) is 0 Å². The molecule has 0 aliphatic rings. The average Bonchev–Trinajstić information content (AvgIpc) is 2.66. The van der Waals surface area contributed by atoms with Gasteiger partial charge in [-0.1, -0.05) is 48.0 Å². The first-order valence-corrected chi connectivity index (χ1v) is 8.75. The molecule has 0 saturated carbocycles. The van der Waals surface area contributed by atoms with Crippen LogP contribution in [0.25, 0.3) is 0 Å². The molecule has 0 spiro atoms. The second-order valence-electron chi connectivity index (χ2n) is 5.90. The van der Waals surface area contributed by atoms with Crippen LogP contribution in [0.4, 0.5) is 10.2 Å². The van der Waals surface area contributed by atoms with Crippen molar-refractivity contribution in [1.82, 2.24) is 15.3 Å². The van der Waals surface area contributed by atoms with Gasteiger partial charge in [0.05, 0.1) is 0 Å². The van der Waals surface area contributed by atoms with E-state index in [2.05, 4.69) is 20.6 Å². The minimum Gasteiger partial charge on any atom is -0.366 e. The fraction of sp³-hybridized carbons (Fsp3) is 0.150. The molecule has 138 valence electrons. The highest BCUT2D eigenvalue weighted by molar-refractivity contribution is 6.31. The molecule has 0 atom stereocenters. The third-order valence-corrected chi connectivity index (χ3v) is 4.25. The molecule has 2 aromatic carbocycles. The maximum absolute atomic E-state index is 13.7. The van der Waals surface area contributed by atoms with Crippen LogP contribution in [-0.2, 0) is 13.1 Å². The van der Waals surface area contributed by atoms with Crippen LogP contribution >= 0.6 is 11.6 Å². The number of nitrogens with one attached hydrogen (secondary N) is 2. The quantitative estimate of drug-likeness (QED) is 0.671. The number of aryl methyl sites for hydroxylation is 1. The molecule has 0 aliphatic heterocycles. The molecule has 5 nitrogen and oxygen atoms in total. The Balaban J connectivity index is 1.68. The van der Waals surface area contributed by atoms with Gasteiger partial charge in [-0.3, -0.25) is 4.79 Å². The number of nitrogens with zero attached hydrogens (tertiary/aromatic N) is 2. The summed E-state index contributed by atoms with van der Waals surface area (Å²) in [6, 6.07) is 15.3. The smallest absolute Gasteiger partial charge is 0.270 e. The lowest BCUT2D eigenvalue weighted by molar-refractivity contribution is 0.0945. The van der Waals surface area contributed by atoms with Crippen molar-refractivity contribution in [2.45, 2.75) is 20.0 Å². The maximum Gasteiger partial charge on any atom is 0.270 e. The number of rotatable bonds is 6. The zero-order chi connectivity index (χ0) is 19.2. The molecule has 0 aliphatic carbocycles. The molecular weight excluding hydrogens is 367 g/mol. The Morgan fingerprint density at radius 1 is 1.04 bits per heavy atom. The molecule has 1 amide bonds. The summed E-state index contributed by atoms with van der Waals surface area (Å²) < 4.78 is 13.7. The summed E-state index contributed by atoms with van der Waals surface area (Å²) in [7, 11) is 0. The van der Waals surface area contributed by atoms with Gasteiger partial charge >= 0.3 is 0 Å². The molecule has 1 aromatic heterocycles. The molecule has 3 rings (SSSR count). The van der Waals surface area contributed by atoms with Crippen molar-refractivity contribution in [2.24, 2.45) is 0 Å². The van der Waals surface area contributed by atoms with Crippen LogP contribution < -0.4 is 10.6 Å². The Morgan fingerprint density at radius 3 is 2.48 bits per heavy atom. The predicted octanol–water partition coefficient (Wildman–Crippen LogP) is 4.12. The molecule has 0 saturated heterocycles. The standard InChI is InChI=1S/C20H18ClFN4O/c1-13-25-18(20(27)24-11-14-6-2-4-8-16(14)21)10-19(26-13)23-12-15-7-3-5-9-17(15)22/h2-10H,11-12H2,1H3,(H,24,27)(H,23,25,26). The number of hydrogen-bond donors (Lipinski definition) is 2.